The van der Waals surface area contributed by atoms with E-state index in [2.05, 4.69) is 37.9 Å². The predicted octanol–water partition coefficient (Wildman–Crippen LogP) is 2.41. The maximum absolute atomic E-state index is 12.8. The lowest BCUT2D eigenvalue weighted by Gasteiger charge is -2.41. The fourth-order valence-corrected chi connectivity index (χ4v) is 2.76. The third-order valence-electron chi connectivity index (χ3n) is 4.04. The molecule has 1 saturated heterocycles. The second-order valence-corrected chi connectivity index (χ2v) is 5.48. The molecule has 1 aliphatic rings. The fraction of sp³-hybridized carbons (Fsp3) is 0.929. The van der Waals surface area contributed by atoms with Gasteiger partial charge in [0.25, 0.3) is 0 Å². The molecule has 0 atom stereocenters. The van der Waals surface area contributed by atoms with Crippen LogP contribution in [0.4, 0.5) is 0 Å². The average molecular weight is 240 g/mol. The number of hydrogen-bond acceptors (Lipinski definition) is 2. The zero-order valence-corrected chi connectivity index (χ0v) is 11.9. The minimum atomic E-state index is -0.0926. The second-order valence-electron chi connectivity index (χ2n) is 5.48. The topological polar surface area (TPSA) is 32.3 Å². The normalized spacial score (nSPS) is 19.4. The summed E-state index contributed by atoms with van der Waals surface area (Å²) >= 11 is 0. The first kappa shape index (κ1) is 14.5. The number of nitrogens with zero attached hydrogens (tertiary/aromatic N) is 1. The summed E-state index contributed by atoms with van der Waals surface area (Å²) in [5.74, 6) is 0.387. The van der Waals surface area contributed by atoms with Crippen LogP contribution in [0.5, 0.6) is 0 Å². The van der Waals surface area contributed by atoms with Crippen LogP contribution in [0.1, 0.15) is 53.4 Å². The van der Waals surface area contributed by atoms with Gasteiger partial charge < -0.3 is 10.2 Å². The van der Waals surface area contributed by atoms with Gasteiger partial charge in [0.15, 0.2) is 0 Å². The number of hydrogen-bond donors (Lipinski definition) is 1. The third kappa shape index (κ3) is 3.21. The standard InChI is InChI=1S/C14H28N2O/c1-5-11-16(12(3)4)13(17)14(6-2)7-9-15-10-8-14/h12,15H,5-11H2,1-4H3. The van der Waals surface area contributed by atoms with Crippen LogP contribution in [0, 0.1) is 5.41 Å². The predicted molar refractivity (Wildman–Crippen MR) is 72.0 cm³/mol. The van der Waals surface area contributed by atoms with Gasteiger partial charge in [-0.3, -0.25) is 4.79 Å². The summed E-state index contributed by atoms with van der Waals surface area (Å²) < 4.78 is 0. The van der Waals surface area contributed by atoms with E-state index in [9.17, 15) is 4.79 Å². The Morgan fingerprint density at radius 3 is 2.29 bits per heavy atom. The maximum Gasteiger partial charge on any atom is 0.229 e. The zero-order valence-electron chi connectivity index (χ0n) is 11.9. The molecule has 0 saturated carbocycles. The molecule has 1 aliphatic heterocycles. The number of rotatable bonds is 5. The van der Waals surface area contributed by atoms with Crippen molar-refractivity contribution in [3.05, 3.63) is 0 Å². The van der Waals surface area contributed by atoms with Crippen molar-refractivity contribution in [2.75, 3.05) is 19.6 Å². The van der Waals surface area contributed by atoms with Crippen molar-refractivity contribution in [1.29, 1.82) is 0 Å². The van der Waals surface area contributed by atoms with E-state index in [1.807, 2.05) is 0 Å². The van der Waals surface area contributed by atoms with Gasteiger partial charge in [-0.2, -0.15) is 0 Å². The molecule has 100 valence electrons. The summed E-state index contributed by atoms with van der Waals surface area (Å²) in [7, 11) is 0. The molecule has 1 rings (SSSR count). The average Bonchev–Trinajstić information content (AvgIpc) is 2.35. The van der Waals surface area contributed by atoms with Crippen LogP contribution in [0.3, 0.4) is 0 Å². The van der Waals surface area contributed by atoms with E-state index in [0.717, 1.165) is 45.3 Å². The summed E-state index contributed by atoms with van der Waals surface area (Å²) in [6.07, 6.45) is 4.01. The largest absolute Gasteiger partial charge is 0.340 e. The monoisotopic (exact) mass is 240 g/mol. The highest BCUT2D eigenvalue weighted by Gasteiger charge is 2.40. The van der Waals surface area contributed by atoms with Crippen molar-refractivity contribution in [2.24, 2.45) is 5.41 Å². The van der Waals surface area contributed by atoms with E-state index in [1.165, 1.54) is 0 Å². The molecule has 0 spiro atoms. The molecule has 0 aromatic heterocycles. The highest BCUT2D eigenvalue weighted by atomic mass is 16.2. The smallest absolute Gasteiger partial charge is 0.229 e. The Kier molecular flexibility index (Phi) is 5.44. The summed E-state index contributed by atoms with van der Waals surface area (Å²) in [4.78, 5) is 14.9. The Bertz CT molecular complexity index is 245. The Hall–Kier alpha value is -0.570. The first-order valence-corrected chi connectivity index (χ1v) is 7.09. The molecule has 0 aliphatic carbocycles. The highest BCUT2D eigenvalue weighted by molar-refractivity contribution is 5.83. The SMILES string of the molecule is CCCN(C(=O)C1(CC)CCNCC1)C(C)C. The number of carbonyl (C=O) groups excluding carboxylic acids is 1. The Balaban J connectivity index is 2.81. The fourth-order valence-electron chi connectivity index (χ4n) is 2.76. The van der Waals surface area contributed by atoms with E-state index >= 15 is 0 Å². The van der Waals surface area contributed by atoms with Crippen LogP contribution in [0.2, 0.25) is 0 Å². The summed E-state index contributed by atoms with van der Waals surface area (Å²) in [6.45, 7) is 11.4. The molecule has 0 unspecified atom stereocenters. The van der Waals surface area contributed by atoms with Crippen molar-refractivity contribution in [3.8, 4) is 0 Å². The maximum atomic E-state index is 12.8. The molecule has 0 radical (unpaired) electrons. The van der Waals surface area contributed by atoms with Gasteiger partial charge in [0.1, 0.15) is 0 Å². The van der Waals surface area contributed by atoms with Crippen LogP contribution >= 0.6 is 0 Å². The number of carbonyl (C=O) groups is 1. The summed E-state index contributed by atoms with van der Waals surface area (Å²) in [6, 6.07) is 0.320. The van der Waals surface area contributed by atoms with E-state index in [4.69, 9.17) is 0 Å². The zero-order chi connectivity index (χ0) is 12.9. The molecule has 3 nitrogen and oxygen atoms in total. The van der Waals surface area contributed by atoms with Crippen LogP contribution in [0.25, 0.3) is 0 Å². The molecule has 17 heavy (non-hydrogen) atoms. The van der Waals surface area contributed by atoms with Crippen LogP contribution in [-0.4, -0.2) is 36.5 Å². The minimum absolute atomic E-state index is 0.0926. The van der Waals surface area contributed by atoms with E-state index in [1.54, 1.807) is 0 Å². The lowest BCUT2D eigenvalue weighted by Crippen LogP contribution is -2.51. The van der Waals surface area contributed by atoms with Crippen LogP contribution < -0.4 is 5.32 Å². The molecule has 1 N–H and O–H groups in total. The molecule has 0 aromatic rings. The van der Waals surface area contributed by atoms with Crippen molar-refractivity contribution in [2.45, 2.75) is 59.4 Å². The summed E-state index contributed by atoms with van der Waals surface area (Å²) in [5, 5.41) is 3.36. The van der Waals surface area contributed by atoms with Crippen molar-refractivity contribution in [3.63, 3.8) is 0 Å². The summed E-state index contributed by atoms with van der Waals surface area (Å²) in [5.41, 5.74) is -0.0926. The van der Waals surface area contributed by atoms with Crippen molar-refractivity contribution in [1.82, 2.24) is 10.2 Å². The lowest BCUT2D eigenvalue weighted by molar-refractivity contribution is -0.146. The van der Waals surface area contributed by atoms with Gasteiger partial charge in [0, 0.05) is 12.6 Å². The van der Waals surface area contributed by atoms with E-state index in [0.29, 0.717) is 11.9 Å². The molecular formula is C14H28N2O. The molecular weight excluding hydrogens is 212 g/mol. The first-order chi connectivity index (χ1) is 8.07. The highest BCUT2D eigenvalue weighted by Crippen LogP contribution is 2.35. The Labute approximate surface area is 106 Å². The minimum Gasteiger partial charge on any atom is -0.340 e. The Morgan fingerprint density at radius 1 is 1.29 bits per heavy atom. The van der Waals surface area contributed by atoms with Crippen molar-refractivity contribution < 1.29 is 4.79 Å². The van der Waals surface area contributed by atoms with Gasteiger partial charge in [-0.05, 0) is 52.6 Å². The second kappa shape index (κ2) is 6.39. The third-order valence-corrected chi connectivity index (χ3v) is 4.04. The molecule has 1 fully saturated rings. The van der Waals surface area contributed by atoms with Crippen LogP contribution in [-0.2, 0) is 4.79 Å². The van der Waals surface area contributed by atoms with Gasteiger partial charge in [0.05, 0.1) is 5.41 Å². The van der Waals surface area contributed by atoms with Gasteiger partial charge in [0.2, 0.25) is 5.91 Å². The number of piperidine rings is 1. The van der Waals surface area contributed by atoms with E-state index < -0.39 is 0 Å². The Morgan fingerprint density at radius 2 is 1.88 bits per heavy atom. The lowest BCUT2D eigenvalue weighted by atomic mass is 9.75. The van der Waals surface area contributed by atoms with Gasteiger partial charge in [-0.1, -0.05) is 13.8 Å². The molecule has 1 heterocycles. The molecule has 0 bridgehead atoms. The van der Waals surface area contributed by atoms with Gasteiger partial charge in [-0.15, -0.1) is 0 Å². The quantitative estimate of drug-likeness (QED) is 0.800. The molecule has 1 amide bonds. The molecule has 3 heteroatoms. The van der Waals surface area contributed by atoms with Gasteiger partial charge in [-0.25, -0.2) is 0 Å². The number of amides is 1. The number of nitrogens with one attached hydrogen (secondary N) is 1. The van der Waals surface area contributed by atoms with Crippen LogP contribution in [0.15, 0.2) is 0 Å². The van der Waals surface area contributed by atoms with Gasteiger partial charge >= 0.3 is 0 Å². The molecule has 0 aromatic carbocycles. The van der Waals surface area contributed by atoms with Crippen molar-refractivity contribution >= 4 is 5.91 Å². The first-order valence-electron chi connectivity index (χ1n) is 7.09. The van der Waals surface area contributed by atoms with E-state index in [-0.39, 0.29) is 5.41 Å².